The van der Waals surface area contributed by atoms with Gasteiger partial charge >= 0.3 is 0 Å². The van der Waals surface area contributed by atoms with Crippen LogP contribution in [-0.4, -0.2) is 52.3 Å². The molecule has 0 aliphatic carbocycles. The number of rotatable bonds is 6. The van der Waals surface area contributed by atoms with E-state index in [4.69, 9.17) is 14.0 Å². The van der Waals surface area contributed by atoms with E-state index in [-0.39, 0.29) is 37.5 Å². The van der Waals surface area contributed by atoms with Crippen LogP contribution in [0.4, 0.5) is 5.69 Å². The van der Waals surface area contributed by atoms with Crippen molar-refractivity contribution in [3.63, 3.8) is 0 Å². The molecule has 33 heavy (non-hydrogen) atoms. The molecule has 5 rings (SSSR count). The summed E-state index contributed by atoms with van der Waals surface area (Å²) in [5, 5.41) is 12.3. The zero-order valence-corrected chi connectivity index (χ0v) is 18.4. The molecular formula is C22H19N5O5S. The molecule has 0 radical (unpaired) electrons. The van der Waals surface area contributed by atoms with E-state index in [1.54, 1.807) is 36.0 Å². The first kappa shape index (κ1) is 21.0. The molecule has 0 saturated carbocycles. The minimum Gasteiger partial charge on any atom is -0.454 e. The predicted octanol–water partition coefficient (Wildman–Crippen LogP) is 3.15. The van der Waals surface area contributed by atoms with Crippen molar-refractivity contribution in [3.05, 3.63) is 48.4 Å². The Kier molecular flexibility index (Phi) is 5.69. The van der Waals surface area contributed by atoms with Gasteiger partial charge in [-0.25, -0.2) is 5.01 Å². The summed E-state index contributed by atoms with van der Waals surface area (Å²) < 4.78 is 16.1. The molecule has 0 bridgehead atoms. The molecule has 0 unspecified atom stereocenters. The van der Waals surface area contributed by atoms with Gasteiger partial charge in [0.05, 0.1) is 0 Å². The highest BCUT2D eigenvalue weighted by Crippen LogP contribution is 2.35. The molecule has 0 atom stereocenters. The van der Waals surface area contributed by atoms with E-state index in [2.05, 4.69) is 20.6 Å². The van der Waals surface area contributed by atoms with Crippen LogP contribution < -0.4 is 14.8 Å². The van der Waals surface area contributed by atoms with Gasteiger partial charge in [0.2, 0.25) is 24.4 Å². The van der Waals surface area contributed by atoms with Gasteiger partial charge in [-0.3, -0.25) is 9.59 Å². The number of nitrogens with one attached hydrogen (secondary N) is 1. The molecule has 2 amide bonds. The van der Waals surface area contributed by atoms with Crippen LogP contribution >= 0.6 is 11.8 Å². The number of anilines is 1. The normalized spacial score (nSPS) is 14.9. The Morgan fingerprint density at radius 1 is 1.15 bits per heavy atom. The van der Waals surface area contributed by atoms with Crippen LogP contribution in [0, 0.1) is 0 Å². The Hall–Kier alpha value is -3.86. The van der Waals surface area contributed by atoms with Gasteiger partial charge in [-0.15, -0.1) is 11.8 Å². The van der Waals surface area contributed by atoms with E-state index in [1.165, 1.54) is 0 Å². The summed E-state index contributed by atoms with van der Waals surface area (Å²) in [5.74, 6) is 1.24. The lowest BCUT2D eigenvalue weighted by Gasteiger charge is -2.21. The van der Waals surface area contributed by atoms with Gasteiger partial charge in [0.25, 0.3) is 5.89 Å². The van der Waals surface area contributed by atoms with Gasteiger partial charge in [-0.1, -0.05) is 11.2 Å². The molecule has 1 aromatic heterocycles. The molecule has 3 heterocycles. The number of nitrogens with zero attached hydrogens (tertiary/aromatic N) is 4. The van der Waals surface area contributed by atoms with Crippen LogP contribution in [0.15, 0.2) is 57.0 Å². The molecule has 1 N–H and O–H groups in total. The second-order valence-corrected chi connectivity index (χ2v) is 8.15. The van der Waals surface area contributed by atoms with Crippen molar-refractivity contribution in [1.82, 2.24) is 15.1 Å². The fraction of sp³-hybridized carbons (Fsp3) is 0.227. The Morgan fingerprint density at radius 2 is 2.03 bits per heavy atom. The quantitative estimate of drug-likeness (QED) is 0.552. The van der Waals surface area contributed by atoms with Crippen molar-refractivity contribution in [2.75, 3.05) is 24.9 Å². The third-order valence-electron chi connectivity index (χ3n) is 5.06. The van der Waals surface area contributed by atoms with Crippen molar-refractivity contribution in [2.24, 2.45) is 5.10 Å². The first-order valence-corrected chi connectivity index (χ1v) is 11.4. The zero-order valence-electron chi connectivity index (χ0n) is 17.6. The number of ether oxygens (including phenoxy) is 2. The van der Waals surface area contributed by atoms with Crippen LogP contribution in [0.5, 0.6) is 11.5 Å². The van der Waals surface area contributed by atoms with Crippen LogP contribution in [0.3, 0.4) is 0 Å². The number of hydrazone groups is 1. The molecular weight excluding hydrogens is 446 g/mol. The minimum absolute atomic E-state index is 0.174. The molecule has 11 heteroatoms. The summed E-state index contributed by atoms with van der Waals surface area (Å²) in [6.07, 6.45) is 2.49. The molecule has 0 fully saturated rings. The fourth-order valence-electron chi connectivity index (χ4n) is 3.41. The lowest BCUT2D eigenvalue weighted by Crippen LogP contribution is -2.38. The monoisotopic (exact) mass is 465 g/mol. The standard InChI is InChI=1S/C22H19N5O5S/c1-33-15-4-2-3-14(10-15)23-19(28)11-27-20(29)8-6-16(25-27)22-24-21(26-32-22)13-5-7-17-18(9-13)31-12-30-17/h2-5,7,9-10H,6,8,11-12H2,1H3,(H,23,28). The zero-order chi connectivity index (χ0) is 22.8. The van der Waals surface area contributed by atoms with E-state index in [9.17, 15) is 9.59 Å². The van der Waals surface area contributed by atoms with Crippen molar-refractivity contribution in [2.45, 2.75) is 17.7 Å². The predicted molar refractivity (Wildman–Crippen MR) is 120 cm³/mol. The maximum absolute atomic E-state index is 12.5. The number of thioether (sulfide) groups is 1. The van der Waals surface area contributed by atoms with Crippen LogP contribution in [-0.2, 0) is 9.59 Å². The molecule has 2 aliphatic rings. The summed E-state index contributed by atoms with van der Waals surface area (Å²) in [6.45, 7) is -0.0392. The lowest BCUT2D eigenvalue weighted by molar-refractivity contribution is -0.135. The van der Waals surface area contributed by atoms with Crippen molar-refractivity contribution >= 4 is 35.0 Å². The van der Waals surface area contributed by atoms with Gasteiger partial charge in [0, 0.05) is 29.0 Å². The SMILES string of the molecule is CSc1cccc(NC(=O)CN2N=C(c3nc(-c4ccc5c(c4)OCO5)no3)CCC2=O)c1. The number of fused-ring (bicyclic) bond motifs is 1. The van der Waals surface area contributed by atoms with Gasteiger partial charge in [-0.2, -0.15) is 10.1 Å². The number of hydrogen-bond acceptors (Lipinski definition) is 9. The smallest absolute Gasteiger partial charge is 0.274 e. The highest BCUT2D eigenvalue weighted by molar-refractivity contribution is 7.98. The molecule has 2 aliphatic heterocycles. The summed E-state index contributed by atoms with van der Waals surface area (Å²) >= 11 is 1.58. The number of carbonyl (C=O) groups is 2. The summed E-state index contributed by atoms with van der Waals surface area (Å²) in [5.41, 5.74) is 1.81. The number of hydrogen-bond donors (Lipinski definition) is 1. The number of carbonyl (C=O) groups excluding carboxylic acids is 2. The van der Waals surface area contributed by atoms with Gasteiger partial charge < -0.3 is 19.3 Å². The molecule has 0 saturated heterocycles. The molecule has 0 spiro atoms. The van der Waals surface area contributed by atoms with Crippen LogP contribution in [0.25, 0.3) is 11.4 Å². The highest BCUT2D eigenvalue weighted by Gasteiger charge is 2.27. The third-order valence-corrected chi connectivity index (χ3v) is 5.78. The Labute approximate surface area is 192 Å². The lowest BCUT2D eigenvalue weighted by atomic mass is 10.1. The molecule has 3 aromatic rings. The summed E-state index contributed by atoms with van der Waals surface area (Å²) in [7, 11) is 0. The average Bonchev–Trinajstić information content (AvgIpc) is 3.50. The maximum Gasteiger partial charge on any atom is 0.274 e. The summed E-state index contributed by atoms with van der Waals surface area (Å²) in [4.78, 5) is 30.3. The van der Waals surface area contributed by atoms with E-state index in [0.29, 0.717) is 40.7 Å². The van der Waals surface area contributed by atoms with Gasteiger partial charge in [0.15, 0.2) is 11.5 Å². The third kappa shape index (κ3) is 4.53. The Morgan fingerprint density at radius 3 is 2.91 bits per heavy atom. The van der Waals surface area contributed by atoms with E-state index < -0.39 is 0 Å². The highest BCUT2D eigenvalue weighted by atomic mass is 32.2. The van der Waals surface area contributed by atoms with Crippen molar-refractivity contribution in [1.29, 1.82) is 0 Å². The molecule has 2 aromatic carbocycles. The summed E-state index contributed by atoms with van der Waals surface area (Å²) in [6, 6.07) is 12.8. The Bertz CT molecular complexity index is 1260. The van der Waals surface area contributed by atoms with E-state index in [0.717, 1.165) is 9.90 Å². The average molecular weight is 465 g/mol. The van der Waals surface area contributed by atoms with E-state index >= 15 is 0 Å². The van der Waals surface area contributed by atoms with Crippen LogP contribution in [0.1, 0.15) is 18.7 Å². The maximum atomic E-state index is 12.5. The fourth-order valence-corrected chi connectivity index (χ4v) is 3.87. The van der Waals surface area contributed by atoms with E-state index in [1.807, 2.05) is 24.5 Å². The number of benzene rings is 2. The first-order valence-electron chi connectivity index (χ1n) is 10.1. The second kappa shape index (κ2) is 8.94. The molecule has 10 nitrogen and oxygen atoms in total. The number of amides is 2. The van der Waals surface area contributed by atoms with Crippen LogP contribution in [0.2, 0.25) is 0 Å². The van der Waals surface area contributed by atoms with Crippen molar-refractivity contribution in [3.8, 4) is 22.9 Å². The second-order valence-electron chi connectivity index (χ2n) is 7.27. The topological polar surface area (TPSA) is 119 Å². The van der Waals surface area contributed by atoms with Crippen molar-refractivity contribution < 1.29 is 23.6 Å². The first-order chi connectivity index (χ1) is 16.1. The largest absolute Gasteiger partial charge is 0.454 e. The van der Waals surface area contributed by atoms with Gasteiger partial charge in [-0.05, 0) is 42.7 Å². The Balaban J connectivity index is 1.30. The van der Waals surface area contributed by atoms with Gasteiger partial charge in [0.1, 0.15) is 12.3 Å². The number of aromatic nitrogens is 2. The minimum atomic E-state index is -0.349. The molecule has 168 valence electrons.